The molecule has 2 aromatic rings. The second-order valence-electron chi connectivity index (χ2n) is 6.09. The lowest BCUT2D eigenvalue weighted by molar-refractivity contribution is 0.0702. The number of carbonyl (C=O) groups excluding carboxylic acids is 1. The normalized spacial score (nSPS) is 15.4. The third-order valence-electron chi connectivity index (χ3n) is 4.56. The van der Waals surface area contributed by atoms with Crippen LogP contribution in [0.4, 0.5) is 0 Å². The average molecular weight is 309 g/mol. The monoisotopic (exact) mass is 309 g/mol. The maximum absolute atomic E-state index is 12.8. The molecule has 4 heteroatoms. The molecule has 1 N–H and O–H groups in total. The summed E-state index contributed by atoms with van der Waals surface area (Å²) in [5, 5.41) is 3.33. The zero-order valence-electron chi connectivity index (χ0n) is 13.7. The van der Waals surface area contributed by atoms with Gasteiger partial charge in [0.05, 0.1) is 17.0 Å². The molecule has 4 nitrogen and oxygen atoms in total. The number of benzene rings is 1. The lowest BCUT2D eigenvalue weighted by Crippen LogP contribution is -2.44. The van der Waals surface area contributed by atoms with Crippen LogP contribution < -0.4 is 5.32 Å². The molecule has 1 aliphatic heterocycles. The second kappa shape index (κ2) is 6.92. The van der Waals surface area contributed by atoms with Crippen LogP contribution in [0.2, 0.25) is 0 Å². The van der Waals surface area contributed by atoms with Gasteiger partial charge in [-0.1, -0.05) is 30.3 Å². The quantitative estimate of drug-likeness (QED) is 0.948. The van der Waals surface area contributed by atoms with Crippen molar-refractivity contribution in [1.82, 2.24) is 15.2 Å². The number of nitrogens with one attached hydrogen (secondary N) is 1. The number of piperidine rings is 1. The molecule has 1 fully saturated rings. The van der Waals surface area contributed by atoms with E-state index in [0.717, 1.165) is 42.9 Å². The Balaban J connectivity index is 1.81. The molecule has 0 radical (unpaired) electrons. The van der Waals surface area contributed by atoms with Crippen LogP contribution >= 0.6 is 0 Å². The van der Waals surface area contributed by atoms with Gasteiger partial charge in [0.1, 0.15) is 0 Å². The summed E-state index contributed by atoms with van der Waals surface area (Å²) in [7, 11) is 1.91. The highest BCUT2D eigenvalue weighted by molar-refractivity contribution is 5.95. The number of amides is 1. The van der Waals surface area contributed by atoms with E-state index in [-0.39, 0.29) is 5.91 Å². The van der Waals surface area contributed by atoms with Crippen molar-refractivity contribution < 1.29 is 4.79 Å². The molecule has 120 valence electrons. The molecule has 0 bridgehead atoms. The van der Waals surface area contributed by atoms with Gasteiger partial charge in [0.15, 0.2) is 0 Å². The van der Waals surface area contributed by atoms with E-state index < -0.39 is 0 Å². The summed E-state index contributed by atoms with van der Waals surface area (Å²) in [6.45, 7) is 3.87. The first-order valence-electron chi connectivity index (χ1n) is 8.18. The van der Waals surface area contributed by atoms with Crippen molar-refractivity contribution >= 4 is 5.91 Å². The molecular weight excluding hydrogens is 286 g/mol. The first-order valence-corrected chi connectivity index (χ1v) is 8.18. The van der Waals surface area contributed by atoms with E-state index in [1.54, 1.807) is 0 Å². The number of hydrogen-bond acceptors (Lipinski definition) is 3. The molecule has 3 rings (SSSR count). The fourth-order valence-electron chi connectivity index (χ4n) is 3.11. The Morgan fingerprint density at radius 2 is 1.83 bits per heavy atom. The number of aryl methyl sites for hydroxylation is 1. The molecule has 0 atom stereocenters. The summed E-state index contributed by atoms with van der Waals surface area (Å²) in [5.74, 6) is 0.0708. The summed E-state index contributed by atoms with van der Waals surface area (Å²) >= 11 is 0. The van der Waals surface area contributed by atoms with E-state index in [1.165, 1.54) is 0 Å². The Bertz CT molecular complexity index is 678. The number of rotatable bonds is 3. The molecule has 0 unspecified atom stereocenters. The van der Waals surface area contributed by atoms with Gasteiger partial charge in [-0.05, 0) is 45.0 Å². The highest BCUT2D eigenvalue weighted by atomic mass is 16.2. The third kappa shape index (κ3) is 3.42. The van der Waals surface area contributed by atoms with E-state index >= 15 is 0 Å². The van der Waals surface area contributed by atoms with Gasteiger partial charge in [-0.3, -0.25) is 9.78 Å². The minimum atomic E-state index is 0.0708. The highest BCUT2D eigenvalue weighted by Gasteiger charge is 2.24. The van der Waals surface area contributed by atoms with E-state index in [4.69, 9.17) is 0 Å². The van der Waals surface area contributed by atoms with Crippen molar-refractivity contribution in [1.29, 1.82) is 0 Å². The average Bonchev–Trinajstić information content (AvgIpc) is 2.62. The van der Waals surface area contributed by atoms with Crippen LogP contribution in [-0.4, -0.2) is 42.0 Å². The molecule has 23 heavy (non-hydrogen) atoms. The Labute approximate surface area is 137 Å². The third-order valence-corrected chi connectivity index (χ3v) is 4.56. The zero-order valence-corrected chi connectivity index (χ0v) is 13.7. The molecule has 1 amide bonds. The number of nitrogens with zero attached hydrogens (tertiary/aromatic N) is 2. The summed E-state index contributed by atoms with van der Waals surface area (Å²) in [5.41, 5.74) is 3.47. The maximum atomic E-state index is 12.8. The second-order valence-corrected chi connectivity index (χ2v) is 6.09. The summed E-state index contributed by atoms with van der Waals surface area (Å²) in [6, 6.07) is 14.2. The summed E-state index contributed by atoms with van der Waals surface area (Å²) < 4.78 is 0. The molecule has 1 aromatic carbocycles. The highest BCUT2D eigenvalue weighted by Crippen LogP contribution is 2.20. The van der Waals surface area contributed by atoms with Crippen molar-refractivity contribution in [3.05, 3.63) is 53.7 Å². The van der Waals surface area contributed by atoms with Crippen LogP contribution in [0.15, 0.2) is 42.5 Å². The van der Waals surface area contributed by atoms with Crippen molar-refractivity contribution in [2.45, 2.75) is 25.8 Å². The van der Waals surface area contributed by atoms with Crippen molar-refractivity contribution in [3.8, 4) is 11.3 Å². The van der Waals surface area contributed by atoms with Crippen LogP contribution in [0.25, 0.3) is 11.3 Å². The van der Waals surface area contributed by atoms with Crippen molar-refractivity contribution in [3.63, 3.8) is 0 Å². The standard InChI is InChI=1S/C19H23N3O/c1-14-17(19(23)22(2)16-10-12-20-13-11-16)8-9-18(21-14)15-6-4-3-5-7-15/h3-9,16,20H,10-13H2,1-2H3. The number of hydrogen-bond donors (Lipinski definition) is 1. The lowest BCUT2D eigenvalue weighted by atomic mass is 10.0. The number of pyridine rings is 1. The van der Waals surface area contributed by atoms with E-state index in [0.29, 0.717) is 11.6 Å². The van der Waals surface area contributed by atoms with Crippen LogP contribution in [0.3, 0.4) is 0 Å². The molecule has 0 spiro atoms. The van der Waals surface area contributed by atoms with Crippen molar-refractivity contribution in [2.75, 3.05) is 20.1 Å². The van der Waals surface area contributed by atoms with Gasteiger partial charge >= 0.3 is 0 Å². The molecular formula is C19H23N3O. The predicted octanol–water partition coefficient (Wildman–Crippen LogP) is 2.88. The summed E-state index contributed by atoms with van der Waals surface area (Å²) in [4.78, 5) is 19.3. The van der Waals surface area contributed by atoms with Crippen molar-refractivity contribution in [2.24, 2.45) is 0 Å². The smallest absolute Gasteiger partial charge is 0.255 e. The fraction of sp³-hybridized carbons (Fsp3) is 0.368. The molecule has 1 aromatic heterocycles. The van der Waals surface area contributed by atoms with E-state index in [2.05, 4.69) is 10.3 Å². The largest absolute Gasteiger partial charge is 0.339 e. The predicted molar refractivity (Wildman–Crippen MR) is 92.4 cm³/mol. The van der Waals surface area contributed by atoms with Gasteiger partial charge in [-0.25, -0.2) is 0 Å². The maximum Gasteiger partial charge on any atom is 0.255 e. The van der Waals surface area contributed by atoms with Crippen LogP contribution in [0.1, 0.15) is 28.9 Å². The van der Waals surface area contributed by atoms with Gasteiger partial charge < -0.3 is 10.2 Å². The summed E-state index contributed by atoms with van der Waals surface area (Å²) in [6.07, 6.45) is 2.02. The Morgan fingerprint density at radius 1 is 1.13 bits per heavy atom. The molecule has 1 saturated heterocycles. The first kappa shape index (κ1) is 15.7. The minimum Gasteiger partial charge on any atom is -0.339 e. The minimum absolute atomic E-state index is 0.0708. The first-order chi connectivity index (χ1) is 11.2. The van der Waals surface area contributed by atoms with Crippen LogP contribution in [-0.2, 0) is 0 Å². The zero-order chi connectivity index (χ0) is 16.2. The van der Waals surface area contributed by atoms with Gasteiger partial charge in [-0.15, -0.1) is 0 Å². The topological polar surface area (TPSA) is 45.2 Å². The number of carbonyl (C=O) groups is 1. The molecule has 0 saturated carbocycles. The Hall–Kier alpha value is -2.20. The van der Waals surface area contributed by atoms with Gasteiger partial charge in [-0.2, -0.15) is 0 Å². The van der Waals surface area contributed by atoms with Gasteiger partial charge in [0, 0.05) is 18.7 Å². The SMILES string of the molecule is Cc1nc(-c2ccccc2)ccc1C(=O)N(C)C1CCNCC1. The lowest BCUT2D eigenvalue weighted by Gasteiger charge is -2.32. The number of aromatic nitrogens is 1. The fourth-order valence-corrected chi connectivity index (χ4v) is 3.11. The van der Waals surface area contributed by atoms with Crippen LogP contribution in [0.5, 0.6) is 0 Å². The van der Waals surface area contributed by atoms with Gasteiger partial charge in [0.25, 0.3) is 5.91 Å². The molecule has 1 aliphatic rings. The van der Waals surface area contributed by atoms with E-state index in [1.807, 2.05) is 61.3 Å². The molecule has 0 aliphatic carbocycles. The molecule has 2 heterocycles. The Kier molecular flexibility index (Phi) is 4.72. The Morgan fingerprint density at radius 3 is 2.48 bits per heavy atom. The van der Waals surface area contributed by atoms with E-state index in [9.17, 15) is 4.79 Å². The van der Waals surface area contributed by atoms with Crippen LogP contribution in [0, 0.1) is 6.92 Å². The van der Waals surface area contributed by atoms with Gasteiger partial charge in [0.2, 0.25) is 0 Å².